The van der Waals surface area contributed by atoms with Gasteiger partial charge in [0.25, 0.3) is 0 Å². The second-order valence-electron chi connectivity index (χ2n) is 7.75. The fraction of sp³-hybridized carbons (Fsp3) is 0.192. The molecule has 0 atom stereocenters. The van der Waals surface area contributed by atoms with E-state index >= 15 is 0 Å². The van der Waals surface area contributed by atoms with E-state index < -0.39 is 0 Å². The fourth-order valence-corrected chi connectivity index (χ4v) is 4.08. The van der Waals surface area contributed by atoms with E-state index in [4.69, 9.17) is 5.10 Å². The van der Waals surface area contributed by atoms with Crippen LogP contribution in [0.4, 0.5) is 5.82 Å². The van der Waals surface area contributed by atoms with Gasteiger partial charge in [0.2, 0.25) is 0 Å². The Kier molecular flexibility index (Phi) is 5.32. The summed E-state index contributed by atoms with van der Waals surface area (Å²) in [6.07, 6.45) is 0. The van der Waals surface area contributed by atoms with Crippen molar-refractivity contribution in [1.29, 1.82) is 0 Å². The zero-order chi connectivity index (χ0) is 20.2. The van der Waals surface area contributed by atoms with Crippen LogP contribution in [-0.4, -0.2) is 40.9 Å². The lowest BCUT2D eigenvalue weighted by molar-refractivity contribution is 0.249. The highest BCUT2D eigenvalue weighted by Gasteiger charge is 2.21. The number of hydrogen-bond donors (Lipinski definition) is 0. The Labute approximate surface area is 178 Å². The van der Waals surface area contributed by atoms with Crippen molar-refractivity contribution < 1.29 is 0 Å². The summed E-state index contributed by atoms with van der Waals surface area (Å²) in [7, 11) is 0. The highest BCUT2D eigenvalue weighted by atomic mass is 15.4. The van der Waals surface area contributed by atoms with E-state index in [2.05, 4.69) is 105 Å². The molecule has 2 heterocycles. The molecule has 5 rings (SSSR count). The summed E-state index contributed by atoms with van der Waals surface area (Å²) in [6.45, 7) is 5.10. The second-order valence-corrected chi connectivity index (χ2v) is 7.75. The predicted molar refractivity (Wildman–Crippen MR) is 123 cm³/mol. The van der Waals surface area contributed by atoms with Crippen LogP contribution in [-0.2, 0) is 6.54 Å². The minimum absolute atomic E-state index is 0.993. The number of benzene rings is 3. The van der Waals surface area contributed by atoms with Crippen molar-refractivity contribution in [2.75, 3.05) is 31.1 Å². The van der Waals surface area contributed by atoms with Crippen LogP contribution in [0, 0.1) is 0 Å². The molecular weight excluding hydrogens is 368 g/mol. The van der Waals surface area contributed by atoms with Gasteiger partial charge in [-0.25, -0.2) is 4.68 Å². The van der Waals surface area contributed by atoms with Crippen molar-refractivity contribution in [2.45, 2.75) is 6.54 Å². The molecule has 0 saturated carbocycles. The highest BCUT2D eigenvalue weighted by Crippen LogP contribution is 2.28. The summed E-state index contributed by atoms with van der Waals surface area (Å²) >= 11 is 0. The topological polar surface area (TPSA) is 24.3 Å². The summed E-state index contributed by atoms with van der Waals surface area (Å²) in [5.74, 6) is 1.05. The van der Waals surface area contributed by atoms with E-state index in [0.29, 0.717) is 0 Å². The molecule has 1 aliphatic rings. The summed E-state index contributed by atoms with van der Waals surface area (Å²) in [6, 6.07) is 33.9. The molecule has 0 aliphatic carbocycles. The molecule has 0 radical (unpaired) electrons. The molecule has 1 aromatic heterocycles. The number of piperazine rings is 1. The molecule has 0 spiro atoms. The Morgan fingerprint density at radius 1 is 0.667 bits per heavy atom. The Balaban J connectivity index is 1.37. The molecule has 1 saturated heterocycles. The summed E-state index contributed by atoms with van der Waals surface area (Å²) in [5.41, 5.74) is 4.78. The van der Waals surface area contributed by atoms with Gasteiger partial charge in [-0.2, -0.15) is 0 Å². The number of para-hydroxylation sites is 1. The molecule has 0 amide bonds. The van der Waals surface area contributed by atoms with E-state index in [-0.39, 0.29) is 0 Å². The highest BCUT2D eigenvalue weighted by molar-refractivity contribution is 5.66. The van der Waals surface area contributed by atoms with Crippen LogP contribution in [0.15, 0.2) is 97.1 Å². The third-order valence-corrected chi connectivity index (χ3v) is 5.71. The molecule has 0 bridgehead atoms. The summed E-state index contributed by atoms with van der Waals surface area (Å²) < 4.78 is 2.07. The van der Waals surface area contributed by atoms with Gasteiger partial charge in [0.05, 0.1) is 11.4 Å². The molecule has 0 N–H and O–H groups in total. The molecule has 4 aromatic rings. The van der Waals surface area contributed by atoms with Crippen LogP contribution >= 0.6 is 0 Å². The van der Waals surface area contributed by atoms with E-state index in [0.717, 1.165) is 49.9 Å². The van der Waals surface area contributed by atoms with Crippen molar-refractivity contribution in [1.82, 2.24) is 14.7 Å². The van der Waals surface area contributed by atoms with Gasteiger partial charge < -0.3 is 4.90 Å². The molecule has 4 heteroatoms. The van der Waals surface area contributed by atoms with Crippen LogP contribution < -0.4 is 4.90 Å². The minimum atomic E-state index is 0.993. The van der Waals surface area contributed by atoms with Gasteiger partial charge in [0.15, 0.2) is 5.82 Å². The number of rotatable bonds is 5. The van der Waals surface area contributed by atoms with Gasteiger partial charge in [-0.3, -0.25) is 4.90 Å². The first-order valence-corrected chi connectivity index (χ1v) is 10.6. The molecule has 4 nitrogen and oxygen atoms in total. The number of aromatic nitrogens is 2. The Morgan fingerprint density at radius 2 is 1.27 bits per heavy atom. The van der Waals surface area contributed by atoms with Gasteiger partial charge in [-0.15, -0.1) is 5.10 Å². The Hall–Kier alpha value is -3.37. The average molecular weight is 395 g/mol. The zero-order valence-electron chi connectivity index (χ0n) is 17.1. The van der Waals surface area contributed by atoms with Gasteiger partial charge in [-0.1, -0.05) is 78.9 Å². The van der Waals surface area contributed by atoms with Crippen molar-refractivity contribution in [3.63, 3.8) is 0 Å². The molecule has 30 heavy (non-hydrogen) atoms. The van der Waals surface area contributed by atoms with Crippen LogP contribution in [0.3, 0.4) is 0 Å². The maximum Gasteiger partial charge on any atom is 0.151 e. The third-order valence-electron chi connectivity index (χ3n) is 5.71. The van der Waals surface area contributed by atoms with Crippen LogP contribution in [0.25, 0.3) is 16.9 Å². The maximum absolute atomic E-state index is 5.01. The molecule has 1 fully saturated rings. The molecule has 0 unspecified atom stereocenters. The Bertz CT molecular complexity index is 1010. The molecule has 1 aliphatic heterocycles. The smallest absolute Gasteiger partial charge is 0.151 e. The summed E-state index contributed by atoms with van der Waals surface area (Å²) in [4.78, 5) is 4.94. The minimum Gasteiger partial charge on any atom is -0.353 e. The predicted octanol–water partition coefficient (Wildman–Crippen LogP) is 4.86. The number of nitrogens with zero attached hydrogens (tertiary/aromatic N) is 4. The van der Waals surface area contributed by atoms with Gasteiger partial charge >= 0.3 is 0 Å². The number of anilines is 1. The molecular formula is C26H26N4. The summed E-state index contributed by atoms with van der Waals surface area (Å²) in [5, 5.41) is 5.01. The fourth-order valence-electron chi connectivity index (χ4n) is 4.08. The second kappa shape index (κ2) is 8.56. The zero-order valence-corrected chi connectivity index (χ0v) is 17.1. The first-order valence-electron chi connectivity index (χ1n) is 10.6. The van der Waals surface area contributed by atoms with Crippen LogP contribution in [0.1, 0.15) is 5.56 Å². The quantitative estimate of drug-likeness (QED) is 0.483. The van der Waals surface area contributed by atoms with Crippen molar-refractivity contribution >= 4 is 5.82 Å². The first kappa shape index (κ1) is 18.6. The lowest BCUT2D eigenvalue weighted by Crippen LogP contribution is -2.46. The molecule has 3 aromatic carbocycles. The van der Waals surface area contributed by atoms with E-state index in [1.54, 1.807) is 0 Å². The van der Waals surface area contributed by atoms with Crippen molar-refractivity contribution in [2.24, 2.45) is 0 Å². The largest absolute Gasteiger partial charge is 0.353 e. The maximum atomic E-state index is 5.01. The SMILES string of the molecule is c1ccc(CN2CCN(c3cc(-c4ccccc4)n(-c4ccccc4)n3)CC2)cc1. The van der Waals surface area contributed by atoms with Crippen molar-refractivity contribution in [3.05, 3.63) is 103 Å². The van der Waals surface area contributed by atoms with Gasteiger partial charge in [-0.05, 0) is 17.7 Å². The monoisotopic (exact) mass is 394 g/mol. The normalized spacial score (nSPS) is 14.7. The van der Waals surface area contributed by atoms with E-state index in [1.807, 2.05) is 6.07 Å². The molecule has 150 valence electrons. The lowest BCUT2D eigenvalue weighted by Gasteiger charge is -2.34. The first-order chi connectivity index (χ1) is 14.9. The van der Waals surface area contributed by atoms with Crippen LogP contribution in [0.5, 0.6) is 0 Å². The lowest BCUT2D eigenvalue weighted by atomic mass is 10.1. The standard InChI is InChI=1S/C26H26N4/c1-4-10-22(11-5-1)21-28-16-18-29(19-17-28)26-20-25(23-12-6-2-7-13-23)30(27-26)24-14-8-3-9-15-24/h1-15,20H,16-19,21H2. The van der Waals surface area contributed by atoms with Crippen LogP contribution in [0.2, 0.25) is 0 Å². The Morgan fingerprint density at radius 3 is 1.93 bits per heavy atom. The van der Waals surface area contributed by atoms with Crippen molar-refractivity contribution in [3.8, 4) is 16.9 Å². The average Bonchev–Trinajstić information content (AvgIpc) is 3.27. The van der Waals surface area contributed by atoms with E-state index in [1.165, 1.54) is 11.1 Å². The van der Waals surface area contributed by atoms with Gasteiger partial charge in [0.1, 0.15) is 0 Å². The number of hydrogen-bond acceptors (Lipinski definition) is 3. The van der Waals surface area contributed by atoms with E-state index in [9.17, 15) is 0 Å². The van der Waals surface area contributed by atoms with Gasteiger partial charge in [0, 0.05) is 44.4 Å². The third kappa shape index (κ3) is 4.00.